The molecule has 1 atom stereocenters. The number of nitrogens with one attached hydrogen (secondary N) is 2. The lowest BCUT2D eigenvalue weighted by Gasteiger charge is -2.15. The first-order chi connectivity index (χ1) is 10.7. The third kappa shape index (κ3) is 5.55. The fourth-order valence-electron chi connectivity index (χ4n) is 2.44. The van der Waals surface area contributed by atoms with Gasteiger partial charge in [-0.3, -0.25) is 4.79 Å². The van der Waals surface area contributed by atoms with Gasteiger partial charge >= 0.3 is 0 Å². The molecule has 1 fully saturated rings. The van der Waals surface area contributed by atoms with Crippen LogP contribution in [0.25, 0.3) is 0 Å². The summed E-state index contributed by atoms with van der Waals surface area (Å²) >= 11 is 3.46. The lowest BCUT2D eigenvalue weighted by atomic mass is 10.1. The highest BCUT2D eigenvalue weighted by molar-refractivity contribution is 9.10. The topological polar surface area (TPSA) is 59.6 Å². The molecule has 5 nitrogen and oxygen atoms in total. The molecule has 1 amide bonds. The van der Waals surface area contributed by atoms with Crippen LogP contribution in [-0.4, -0.2) is 38.8 Å². The van der Waals surface area contributed by atoms with Gasteiger partial charge in [-0.05, 0) is 53.9 Å². The van der Waals surface area contributed by atoms with E-state index in [9.17, 15) is 4.79 Å². The quantitative estimate of drug-likeness (QED) is 0.729. The van der Waals surface area contributed by atoms with E-state index in [-0.39, 0.29) is 18.3 Å². The van der Waals surface area contributed by atoms with Gasteiger partial charge in [0.2, 0.25) is 0 Å². The van der Waals surface area contributed by atoms with Crippen molar-refractivity contribution in [2.24, 2.45) is 0 Å². The summed E-state index contributed by atoms with van der Waals surface area (Å²) in [4.78, 5) is 12.3. The van der Waals surface area contributed by atoms with Crippen LogP contribution < -0.4 is 20.1 Å². The molecule has 130 valence electrons. The molecule has 0 saturated carbocycles. The Morgan fingerprint density at radius 2 is 2.26 bits per heavy atom. The zero-order chi connectivity index (χ0) is 15.9. The van der Waals surface area contributed by atoms with Gasteiger partial charge < -0.3 is 20.1 Å². The molecular formula is C16H24BrClN2O3. The highest BCUT2D eigenvalue weighted by atomic mass is 79.9. The van der Waals surface area contributed by atoms with E-state index in [1.165, 1.54) is 6.42 Å². The average molecular weight is 408 g/mol. The van der Waals surface area contributed by atoms with Crippen molar-refractivity contribution in [3.05, 3.63) is 22.2 Å². The van der Waals surface area contributed by atoms with E-state index in [4.69, 9.17) is 9.47 Å². The Balaban J connectivity index is 0.00000264. The SMILES string of the molecule is CCCOc1c(Br)cc(C(=O)NCC2CCCN2)cc1OC.Cl. The predicted octanol–water partition coefficient (Wildman–Crippen LogP) is 3.15. The zero-order valence-electron chi connectivity index (χ0n) is 13.5. The fourth-order valence-corrected chi connectivity index (χ4v) is 3.00. The van der Waals surface area contributed by atoms with Crippen LogP contribution >= 0.6 is 28.3 Å². The number of hydrogen-bond donors (Lipinski definition) is 2. The standard InChI is InChI=1S/C16H23BrN2O3.ClH/c1-3-7-22-15-13(17)8-11(9-14(15)21-2)16(20)19-10-12-5-4-6-18-12;/h8-9,12,18H,3-7,10H2,1-2H3,(H,19,20);1H. The van der Waals surface area contributed by atoms with Crippen molar-refractivity contribution in [2.45, 2.75) is 32.2 Å². The molecule has 1 aromatic carbocycles. The number of hydrogen-bond acceptors (Lipinski definition) is 4. The van der Waals surface area contributed by atoms with Crippen molar-refractivity contribution in [3.8, 4) is 11.5 Å². The Labute approximate surface area is 152 Å². The van der Waals surface area contributed by atoms with Crippen molar-refractivity contribution < 1.29 is 14.3 Å². The molecule has 1 heterocycles. The monoisotopic (exact) mass is 406 g/mol. The molecule has 0 aliphatic carbocycles. The van der Waals surface area contributed by atoms with Gasteiger partial charge in [0.1, 0.15) is 0 Å². The highest BCUT2D eigenvalue weighted by Crippen LogP contribution is 2.36. The summed E-state index contributed by atoms with van der Waals surface area (Å²) in [5, 5.41) is 6.32. The van der Waals surface area contributed by atoms with Crippen LogP contribution in [0.1, 0.15) is 36.5 Å². The molecule has 7 heteroatoms. The van der Waals surface area contributed by atoms with E-state index < -0.39 is 0 Å². The molecule has 1 aliphatic heterocycles. The van der Waals surface area contributed by atoms with Crippen LogP contribution in [0.2, 0.25) is 0 Å². The van der Waals surface area contributed by atoms with Gasteiger partial charge in [-0.25, -0.2) is 0 Å². The Hall–Kier alpha value is -0.980. The van der Waals surface area contributed by atoms with E-state index in [0.29, 0.717) is 36.3 Å². The summed E-state index contributed by atoms with van der Waals surface area (Å²) in [6, 6.07) is 3.86. The van der Waals surface area contributed by atoms with Crippen molar-refractivity contribution >= 4 is 34.2 Å². The maximum absolute atomic E-state index is 12.3. The molecule has 2 N–H and O–H groups in total. The Morgan fingerprint density at radius 1 is 1.48 bits per heavy atom. The minimum absolute atomic E-state index is 0. The van der Waals surface area contributed by atoms with Crippen molar-refractivity contribution in [1.29, 1.82) is 0 Å². The maximum Gasteiger partial charge on any atom is 0.251 e. The van der Waals surface area contributed by atoms with E-state index >= 15 is 0 Å². The molecule has 1 saturated heterocycles. The number of benzene rings is 1. The number of methoxy groups -OCH3 is 1. The van der Waals surface area contributed by atoms with Gasteiger partial charge in [0.05, 0.1) is 18.2 Å². The lowest BCUT2D eigenvalue weighted by Crippen LogP contribution is -2.37. The Bertz CT molecular complexity index is 522. The van der Waals surface area contributed by atoms with E-state index in [2.05, 4.69) is 26.6 Å². The second kappa shape index (κ2) is 10.0. The van der Waals surface area contributed by atoms with Gasteiger partial charge in [-0.15, -0.1) is 12.4 Å². The smallest absolute Gasteiger partial charge is 0.251 e. The number of halogens is 2. The summed E-state index contributed by atoms with van der Waals surface area (Å²) < 4.78 is 11.7. The third-order valence-corrected chi connectivity index (χ3v) is 4.20. The van der Waals surface area contributed by atoms with Crippen molar-refractivity contribution in [2.75, 3.05) is 26.8 Å². The van der Waals surface area contributed by atoms with Crippen molar-refractivity contribution in [1.82, 2.24) is 10.6 Å². The highest BCUT2D eigenvalue weighted by Gasteiger charge is 2.18. The molecule has 0 bridgehead atoms. The Morgan fingerprint density at radius 3 is 2.87 bits per heavy atom. The first-order valence-electron chi connectivity index (χ1n) is 7.67. The number of carbonyl (C=O) groups excluding carboxylic acids is 1. The van der Waals surface area contributed by atoms with Gasteiger partial charge in [0.15, 0.2) is 11.5 Å². The summed E-state index contributed by atoms with van der Waals surface area (Å²) in [5.74, 6) is 1.10. The fraction of sp³-hybridized carbons (Fsp3) is 0.562. The predicted molar refractivity (Wildman–Crippen MR) is 97.1 cm³/mol. The first kappa shape index (κ1) is 20.1. The largest absolute Gasteiger partial charge is 0.493 e. The molecule has 23 heavy (non-hydrogen) atoms. The van der Waals surface area contributed by atoms with Gasteiger partial charge in [-0.1, -0.05) is 6.92 Å². The normalized spacial score (nSPS) is 16.6. The van der Waals surface area contributed by atoms with Gasteiger partial charge in [0.25, 0.3) is 5.91 Å². The minimum Gasteiger partial charge on any atom is -0.493 e. The molecule has 1 aliphatic rings. The van der Waals surface area contributed by atoms with E-state index in [1.54, 1.807) is 19.2 Å². The second-order valence-electron chi connectivity index (χ2n) is 5.34. The molecule has 1 aromatic rings. The van der Waals surface area contributed by atoms with E-state index in [1.807, 2.05) is 6.92 Å². The van der Waals surface area contributed by atoms with Crippen LogP contribution in [-0.2, 0) is 0 Å². The van der Waals surface area contributed by atoms with Crippen molar-refractivity contribution in [3.63, 3.8) is 0 Å². The Kier molecular flexibility index (Phi) is 8.73. The van der Waals surface area contributed by atoms with Crippen LogP contribution in [0, 0.1) is 0 Å². The van der Waals surface area contributed by atoms with Crippen LogP contribution in [0.4, 0.5) is 0 Å². The van der Waals surface area contributed by atoms with Gasteiger partial charge in [-0.2, -0.15) is 0 Å². The first-order valence-corrected chi connectivity index (χ1v) is 8.47. The minimum atomic E-state index is -0.102. The lowest BCUT2D eigenvalue weighted by molar-refractivity contribution is 0.0950. The summed E-state index contributed by atoms with van der Waals surface area (Å²) in [7, 11) is 1.57. The van der Waals surface area contributed by atoms with Gasteiger partial charge in [0, 0.05) is 18.2 Å². The molecule has 1 unspecified atom stereocenters. The van der Waals surface area contributed by atoms with Crippen LogP contribution in [0.5, 0.6) is 11.5 Å². The van der Waals surface area contributed by atoms with Crippen LogP contribution in [0.3, 0.4) is 0 Å². The summed E-state index contributed by atoms with van der Waals surface area (Å²) in [6.45, 7) is 4.32. The number of rotatable bonds is 7. The number of amides is 1. The third-order valence-electron chi connectivity index (χ3n) is 3.61. The second-order valence-corrected chi connectivity index (χ2v) is 6.20. The molecule has 2 rings (SSSR count). The number of ether oxygens (including phenoxy) is 2. The molecule has 0 spiro atoms. The zero-order valence-corrected chi connectivity index (χ0v) is 15.9. The van der Waals surface area contributed by atoms with Crippen LogP contribution in [0.15, 0.2) is 16.6 Å². The molecule has 0 aromatic heterocycles. The molecular weight excluding hydrogens is 384 g/mol. The average Bonchev–Trinajstić information content (AvgIpc) is 3.04. The summed E-state index contributed by atoms with van der Waals surface area (Å²) in [6.07, 6.45) is 3.19. The number of carbonyl (C=O) groups is 1. The molecule has 0 radical (unpaired) electrons. The van der Waals surface area contributed by atoms with E-state index in [0.717, 1.165) is 23.9 Å². The summed E-state index contributed by atoms with van der Waals surface area (Å²) in [5.41, 5.74) is 0.561. The maximum atomic E-state index is 12.3.